The molecule has 0 saturated heterocycles. The van der Waals surface area contributed by atoms with Crippen LogP contribution in [0.25, 0.3) is 0 Å². The molecular weight excluding hydrogens is 180 g/mol. The minimum Gasteiger partial charge on any atom is -0.500 e. The number of rotatable bonds is 3. The average molecular weight is 193 g/mol. The van der Waals surface area contributed by atoms with Crippen LogP contribution in [0, 0.1) is 0 Å². The number of hydrogen-bond donors (Lipinski definition) is 0. The number of allylic oxidation sites excluding steroid dienone is 2. The van der Waals surface area contributed by atoms with Gasteiger partial charge in [-0.1, -0.05) is 29.8 Å². The zero-order valence-corrected chi connectivity index (χ0v) is 7.79. The molecule has 0 heterocycles. The summed E-state index contributed by atoms with van der Waals surface area (Å²) in [7, 11) is 1.70. The van der Waals surface area contributed by atoms with Gasteiger partial charge in [0.1, 0.15) is 5.76 Å². The van der Waals surface area contributed by atoms with E-state index in [2.05, 4.69) is 29.8 Å². The summed E-state index contributed by atoms with van der Waals surface area (Å²) in [6.07, 6.45) is 1.97. The molecule has 54 valence electrons. The van der Waals surface area contributed by atoms with Crippen LogP contribution >= 0.6 is 15.9 Å². The normalized spacial score (nSPS) is 12.9. The second-order valence-electron chi connectivity index (χ2n) is 1.74. The molecule has 0 bridgehead atoms. The Bertz CT molecular complexity index is 101. The highest BCUT2D eigenvalue weighted by Gasteiger charge is 1.97. The van der Waals surface area contributed by atoms with Gasteiger partial charge in [-0.25, -0.2) is 0 Å². The smallest absolute Gasteiger partial charge is 0.105 e. The van der Waals surface area contributed by atoms with E-state index in [1.807, 2.05) is 0 Å². The van der Waals surface area contributed by atoms with Crippen molar-refractivity contribution in [1.29, 1.82) is 0 Å². The molecule has 0 aliphatic rings. The van der Waals surface area contributed by atoms with Crippen LogP contribution in [0.1, 0.15) is 26.7 Å². The van der Waals surface area contributed by atoms with Crippen molar-refractivity contribution in [2.75, 3.05) is 7.11 Å². The molecule has 0 aliphatic heterocycles. The number of halogens is 1. The highest BCUT2D eigenvalue weighted by Crippen LogP contribution is 2.18. The Balaban J connectivity index is 4.01. The maximum absolute atomic E-state index is 5.08. The molecule has 0 unspecified atom stereocenters. The summed E-state index contributed by atoms with van der Waals surface area (Å²) in [5.41, 5.74) is 0. The van der Waals surface area contributed by atoms with Gasteiger partial charge in [-0.15, -0.1) is 0 Å². The topological polar surface area (TPSA) is 9.23 Å². The summed E-state index contributed by atoms with van der Waals surface area (Å²) in [5.74, 6) is 1.05. The summed E-state index contributed by atoms with van der Waals surface area (Å²) in [4.78, 5) is 0. The standard InChI is InChI=1S/C7H13BrO/c1-4-6(8)7(5-2)9-3/h4-5H2,1-3H3/b7-6-. The molecule has 0 atom stereocenters. The summed E-state index contributed by atoms with van der Waals surface area (Å²) in [6, 6.07) is 0. The van der Waals surface area contributed by atoms with Crippen molar-refractivity contribution < 1.29 is 4.74 Å². The lowest BCUT2D eigenvalue weighted by atomic mass is 10.3. The lowest BCUT2D eigenvalue weighted by Crippen LogP contribution is -1.86. The molecule has 0 radical (unpaired) electrons. The Hall–Kier alpha value is 0.0200. The first kappa shape index (κ1) is 9.02. The largest absolute Gasteiger partial charge is 0.500 e. The fourth-order valence-electron chi connectivity index (χ4n) is 0.644. The van der Waals surface area contributed by atoms with E-state index in [0.29, 0.717) is 0 Å². The predicted octanol–water partition coefficient (Wildman–Crippen LogP) is 3.06. The van der Waals surface area contributed by atoms with Gasteiger partial charge in [0.2, 0.25) is 0 Å². The van der Waals surface area contributed by atoms with E-state index >= 15 is 0 Å². The quantitative estimate of drug-likeness (QED) is 0.626. The summed E-state index contributed by atoms with van der Waals surface area (Å²) >= 11 is 3.42. The van der Waals surface area contributed by atoms with Crippen LogP contribution in [0.3, 0.4) is 0 Å². The molecule has 0 aromatic heterocycles. The highest BCUT2D eigenvalue weighted by atomic mass is 79.9. The van der Waals surface area contributed by atoms with Crippen molar-refractivity contribution in [1.82, 2.24) is 0 Å². The molecular formula is C7H13BrO. The zero-order valence-electron chi connectivity index (χ0n) is 6.20. The van der Waals surface area contributed by atoms with Crippen LogP contribution in [0.5, 0.6) is 0 Å². The van der Waals surface area contributed by atoms with E-state index in [1.54, 1.807) is 7.11 Å². The number of ether oxygens (including phenoxy) is 1. The molecule has 2 heteroatoms. The van der Waals surface area contributed by atoms with Crippen LogP contribution in [0.2, 0.25) is 0 Å². The second kappa shape index (κ2) is 4.86. The molecule has 0 aliphatic carbocycles. The molecule has 0 aromatic rings. The molecule has 0 aromatic carbocycles. The van der Waals surface area contributed by atoms with Crippen LogP contribution < -0.4 is 0 Å². The van der Waals surface area contributed by atoms with Gasteiger partial charge in [0, 0.05) is 10.9 Å². The van der Waals surface area contributed by atoms with E-state index in [1.165, 1.54) is 4.48 Å². The molecule has 9 heavy (non-hydrogen) atoms. The first-order valence-corrected chi connectivity index (χ1v) is 3.97. The number of hydrogen-bond acceptors (Lipinski definition) is 1. The Morgan fingerprint density at radius 1 is 1.33 bits per heavy atom. The van der Waals surface area contributed by atoms with Crippen molar-refractivity contribution in [2.45, 2.75) is 26.7 Å². The minimum absolute atomic E-state index is 0.963. The van der Waals surface area contributed by atoms with Gasteiger partial charge in [0.15, 0.2) is 0 Å². The van der Waals surface area contributed by atoms with Gasteiger partial charge in [-0.05, 0) is 6.42 Å². The monoisotopic (exact) mass is 192 g/mol. The minimum atomic E-state index is 0.963. The van der Waals surface area contributed by atoms with Gasteiger partial charge < -0.3 is 4.74 Å². The first-order valence-electron chi connectivity index (χ1n) is 3.17. The molecule has 0 saturated carbocycles. The van der Waals surface area contributed by atoms with Crippen molar-refractivity contribution >= 4 is 15.9 Å². The van der Waals surface area contributed by atoms with Gasteiger partial charge in [-0.2, -0.15) is 0 Å². The van der Waals surface area contributed by atoms with E-state index in [-0.39, 0.29) is 0 Å². The van der Waals surface area contributed by atoms with E-state index in [4.69, 9.17) is 4.74 Å². The average Bonchev–Trinajstić information content (AvgIpc) is 1.90. The van der Waals surface area contributed by atoms with Crippen LogP contribution in [-0.4, -0.2) is 7.11 Å². The Morgan fingerprint density at radius 2 is 1.89 bits per heavy atom. The molecule has 0 amide bonds. The molecule has 1 nitrogen and oxygen atoms in total. The van der Waals surface area contributed by atoms with Crippen molar-refractivity contribution in [3.05, 3.63) is 10.2 Å². The molecule has 0 spiro atoms. The van der Waals surface area contributed by atoms with Crippen molar-refractivity contribution in [2.24, 2.45) is 0 Å². The van der Waals surface area contributed by atoms with Gasteiger partial charge in [-0.3, -0.25) is 0 Å². The fraction of sp³-hybridized carbons (Fsp3) is 0.714. The summed E-state index contributed by atoms with van der Waals surface area (Å²) in [6.45, 7) is 4.18. The zero-order chi connectivity index (χ0) is 7.28. The van der Waals surface area contributed by atoms with Gasteiger partial charge in [0.25, 0.3) is 0 Å². The van der Waals surface area contributed by atoms with Crippen LogP contribution in [0.4, 0.5) is 0 Å². The lowest BCUT2D eigenvalue weighted by molar-refractivity contribution is 0.278. The van der Waals surface area contributed by atoms with Gasteiger partial charge >= 0.3 is 0 Å². The molecule has 0 fully saturated rings. The third-order valence-electron chi connectivity index (χ3n) is 1.18. The van der Waals surface area contributed by atoms with Gasteiger partial charge in [0.05, 0.1) is 7.11 Å². The van der Waals surface area contributed by atoms with Crippen LogP contribution in [0.15, 0.2) is 10.2 Å². The SMILES string of the molecule is CC/C(Br)=C(\CC)OC. The van der Waals surface area contributed by atoms with E-state index in [0.717, 1.165) is 18.6 Å². The predicted molar refractivity (Wildman–Crippen MR) is 43.5 cm³/mol. The van der Waals surface area contributed by atoms with E-state index < -0.39 is 0 Å². The third-order valence-corrected chi connectivity index (χ3v) is 2.18. The Kier molecular flexibility index (Phi) is 4.87. The number of methoxy groups -OCH3 is 1. The third kappa shape index (κ3) is 2.89. The fourth-order valence-corrected chi connectivity index (χ4v) is 1.09. The van der Waals surface area contributed by atoms with Crippen LogP contribution in [-0.2, 0) is 4.74 Å². The molecule has 0 rings (SSSR count). The van der Waals surface area contributed by atoms with Crippen molar-refractivity contribution in [3.8, 4) is 0 Å². The van der Waals surface area contributed by atoms with E-state index in [9.17, 15) is 0 Å². The highest BCUT2D eigenvalue weighted by molar-refractivity contribution is 9.11. The maximum atomic E-state index is 5.08. The summed E-state index contributed by atoms with van der Waals surface area (Å²) in [5, 5.41) is 0. The Morgan fingerprint density at radius 3 is 2.00 bits per heavy atom. The first-order chi connectivity index (χ1) is 4.26. The second-order valence-corrected chi connectivity index (χ2v) is 2.70. The Labute approximate surface area is 65.2 Å². The summed E-state index contributed by atoms with van der Waals surface area (Å²) < 4.78 is 6.26. The molecule has 0 N–H and O–H groups in total. The lowest BCUT2D eigenvalue weighted by Gasteiger charge is -2.04. The van der Waals surface area contributed by atoms with Crippen molar-refractivity contribution in [3.63, 3.8) is 0 Å². The maximum Gasteiger partial charge on any atom is 0.105 e.